The van der Waals surface area contributed by atoms with Crippen LogP contribution >= 0.6 is 0 Å². The van der Waals surface area contributed by atoms with Crippen LogP contribution in [-0.2, 0) is 23.7 Å². The molecular weight excluding hydrogens is 705 g/mol. The van der Waals surface area contributed by atoms with E-state index in [1.807, 2.05) is 40.7 Å². The van der Waals surface area contributed by atoms with Crippen molar-refractivity contribution >= 4 is 31.0 Å². The third-order valence-electron chi connectivity index (χ3n) is 6.33. The van der Waals surface area contributed by atoms with Crippen molar-refractivity contribution < 1.29 is 59.4 Å². The summed E-state index contributed by atoms with van der Waals surface area (Å²) >= 11 is 0. The highest BCUT2D eigenvalue weighted by molar-refractivity contribution is 6.58. The Morgan fingerprint density at radius 3 is 1.83 bits per heavy atom. The van der Waals surface area contributed by atoms with Crippen LogP contribution in [0, 0.1) is 11.6 Å². The van der Waals surface area contributed by atoms with E-state index in [1.165, 1.54) is 6.07 Å². The Balaban J connectivity index is 0.000000507. The lowest BCUT2D eigenvalue weighted by Crippen LogP contribution is -2.31. The molecule has 0 bridgehead atoms. The zero-order chi connectivity index (χ0) is 39.9. The quantitative estimate of drug-likeness (QED) is 0.0578. The topological polar surface area (TPSA) is 127 Å². The molecule has 0 aliphatic carbocycles. The van der Waals surface area contributed by atoms with Gasteiger partial charge in [-0.1, -0.05) is 50.2 Å². The van der Waals surface area contributed by atoms with Crippen LogP contribution in [-0.4, -0.2) is 47.5 Å². The highest BCUT2D eigenvalue weighted by Crippen LogP contribution is 2.36. The van der Waals surface area contributed by atoms with Crippen LogP contribution in [0.4, 0.5) is 40.9 Å². The number of hydrogen-bond acceptors (Lipinski definition) is 7. The molecule has 17 heteroatoms. The Labute approximate surface area is 296 Å². The van der Waals surface area contributed by atoms with Crippen LogP contribution in [0.1, 0.15) is 61.7 Å². The second kappa shape index (κ2) is 20.2. The largest absolute Gasteiger partial charge is 0.488 e. The molecule has 8 nitrogen and oxygen atoms in total. The van der Waals surface area contributed by atoms with E-state index in [0.29, 0.717) is 30.6 Å². The van der Waals surface area contributed by atoms with Crippen LogP contribution in [0.3, 0.4) is 0 Å². The molecule has 0 radical (unpaired) electrons. The van der Waals surface area contributed by atoms with Crippen molar-refractivity contribution in [2.75, 3.05) is 7.11 Å². The molecule has 0 spiro atoms. The van der Waals surface area contributed by atoms with E-state index in [2.05, 4.69) is 9.98 Å². The standard InChI is InChI=1S/C21H15F4N3O2.C7H5BF4O2.C5H12O.C2H6/c22-17-7-6-14(8-16(17)21(23,24)25)18-9-19(15(10-29)20(28-18)27-12-26)30-11-13-4-2-1-3-5-13;9-6-2-1-4(8(13)14)3-5(6)7(10,11)12;1-5(2,3)6-4;1-2/h1-10,12H,11H2,(H2,26,27,28);1-3,13-14H;1-4H3;1-2H3. The van der Waals surface area contributed by atoms with Gasteiger partial charge >= 0.3 is 19.5 Å². The highest BCUT2D eigenvalue weighted by atomic mass is 19.4. The third kappa shape index (κ3) is 14.4. The average Bonchev–Trinajstić information content (AvgIpc) is 3.08. The van der Waals surface area contributed by atoms with Gasteiger partial charge in [0.25, 0.3) is 0 Å². The smallest absolute Gasteiger partial charge is 0.488 e. The lowest BCUT2D eigenvalue weighted by molar-refractivity contribution is -0.140. The summed E-state index contributed by atoms with van der Waals surface area (Å²) in [5, 5.41) is 17.1. The molecule has 0 saturated carbocycles. The summed E-state index contributed by atoms with van der Waals surface area (Å²) in [6.45, 7) is 10.2. The van der Waals surface area contributed by atoms with Crippen LogP contribution in [0.25, 0.3) is 11.3 Å². The number of rotatable bonds is 7. The summed E-state index contributed by atoms with van der Waals surface area (Å²) in [4.78, 5) is 19.5. The normalized spacial score (nSPS) is 11.3. The van der Waals surface area contributed by atoms with Gasteiger partial charge in [0.2, 0.25) is 0 Å². The summed E-state index contributed by atoms with van der Waals surface area (Å²) in [6.07, 6.45) is -8.36. The number of aliphatic imine (C=N–C) groups is 1. The summed E-state index contributed by atoms with van der Waals surface area (Å²) < 4.78 is 112. The number of carbonyl (C=O) groups is 1. The minimum atomic E-state index is -4.88. The number of halogens is 8. The number of carbonyl (C=O) groups excluding carboxylic acids is 1. The van der Waals surface area contributed by atoms with Crippen molar-refractivity contribution in [2.45, 2.75) is 59.2 Å². The minimum absolute atomic E-state index is 0.00904. The molecular formula is C35H38BF8N3O5. The number of aldehydes is 1. The number of nitrogens with two attached hydrogens (primary N) is 1. The van der Waals surface area contributed by atoms with Crippen LogP contribution in [0.15, 0.2) is 77.8 Å². The molecule has 0 aliphatic heterocycles. The number of hydrogen-bond donors (Lipinski definition) is 3. The minimum Gasteiger partial charge on any atom is -0.488 e. The van der Waals surface area contributed by atoms with Crippen LogP contribution in [0.2, 0.25) is 0 Å². The molecule has 4 rings (SSSR count). The van der Waals surface area contributed by atoms with Gasteiger partial charge in [-0.25, -0.2) is 18.8 Å². The van der Waals surface area contributed by atoms with E-state index in [-0.39, 0.29) is 40.6 Å². The SMILES string of the molecule is CC.COC(C)(C)C.N/C=N\c1nc(-c2ccc(F)c(C(F)(F)F)c2)cc(OCc2ccccc2)c1C=O.OB(O)c1ccc(F)c(C(F)(F)F)c1. The van der Waals surface area contributed by atoms with Crippen molar-refractivity contribution in [1.29, 1.82) is 0 Å². The first-order chi connectivity index (χ1) is 24.2. The fourth-order valence-corrected chi connectivity index (χ4v) is 3.62. The monoisotopic (exact) mass is 743 g/mol. The first-order valence-electron chi connectivity index (χ1n) is 15.3. The van der Waals surface area contributed by atoms with Gasteiger partial charge in [-0.3, -0.25) is 4.79 Å². The molecule has 0 atom stereocenters. The number of methoxy groups -OCH3 is 1. The summed E-state index contributed by atoms with van der Waals surface area (Å²) in [5.41, 5.74) is 2.76. The zero-order valence-corrected chi connectivity index (χ0v) is 29.0. The predicted octanol–water partition coefficient (Wildman–Crippen LogP) is 7.90. The molecule has 282 valence electrons. The van der Waals surface area contributed by atoms with E-state index in [0.717, 1.165) is 24.0 Å². The molecule has 4 N–H and O–H groups in total. The maximum Gasteiger partial charge on any atom is 0.488 e. The molecule has 1 aromatic heterocycles. The fraction of sp³-hybridized carbons (Fsp3) is 0.286. The van der Waals surface area contributed by atoms with Crippen molar-refractivity contribution in [1.82, 2.24) is 4.98 Å². The zero-order valence-electron chi connectivity index (χ0n) is 29.0. The maximum atomic E-state index is 13.6. The Kier molecular flexibility index (Phi) is 17.6. The van der Waals surface area contributed by atoms with Gasteiger partial charge in [0, 0.05) is 18.7 Å². The van der Waals surface area contributed by atoms with Crippen molar-refractivity contribution in [3.63, 3.8) is 0 Å². The van der Waals surface area contributed by atoms with E-state index in [4.69, 9.17) is 25.3 Å². The highest BCUT2D eigenvalue weighted by Gasteiger charge is 2.35. The van der Waals surface area contributed by atoms with Gasteiger partial charge in [-0.15, -0.1) is 0 Å². The molecule has 1 heterocycles. The Hall–Kier alpha value is -4.87. The second-order valence-electron chi connectivity index (χ2n) is 11.0. The summed E-state index contributed by atoms with van der Waals surface area (Å²) in [6, 6.07) is 14.6. The number of ether oxygens (including phenoxy) is 2. The lowest BCUT2D eigenvalue weighted by Gasteiger charge is -2.14. The molecule has 0 fully saturated rings. The fourth-order valence-electron chi connectivity index (χ4n) is 3.62. The molecule has 4 aromatic rings. The van der Waals surface area contributed by atoms with E-state index < -0.39 is 47.7 Å². The van der Waals surface area contributed by atoms with Crippen LogP contribution < -0.4 is 15.9 Å². The molecule has 0 amide bonds. The summed E-state index contributed by atoms with van der Waals surface area (Å²) in [7, 11) is -0.336. The van der Waals surface area contributed by atoms with E-state index in [1.54, 1.807) is 31.4 Å². The van der Waals surface area contributed by atoms with Crippen molar-refractivity contribution in [3.05, 3.63) is 107 Å². The lowest BCUT2D eigenvalue weighted by atomic mass is 9.79. The number of alkyl halides is 6. The average molecular weight is 744 g/mol. The summed E-state index contributed by atoms with van der Waals surface area (Å²) in [5.74, 6) is -2.93. The first kappa shape index (κ1) is 45.2. The Morgan fingerprint density at radius 1 is 0.846 bits per heavy atom. The first-order valence-corrected chi connectivity index (χ1v) is 15.3. The van der Waals surface area contributed by atoms with Gasteiger partial charge in [0.05, 0.1) is 28.8 Å². The predicted molar refractivity (Wildman–Crippen MR) is 182 cm³/mol. The maximum absolute atomic E-state index is 13.6. The van der Waals surface area contributed by atoms with Gasteiger partial charge < -0.3 is 25.3 Å². The Bertz CT molecular complexity index is 1750. The number of nitrogens with zero attached hydrogens (tertiary/aromatic N) is 2. The Morgan fingerprint density at radius 2 is 1.37 bits per heavy atom. The van der Waals surface area contributed by atoms with Crippen molar-refractivity contribution in [3.8, 4) is 17.0 Å². The molecule has 0 saturated heterocycles. The number of aromatic nitrogens is 1. The number of benzene rings is 3. The van der Waals surface area contributed by atoms with Gasteiger partial charge in [0.1, 0.15) is 29.6 Å². The second-order valence-corrected chi connectivity index (χ2v) is 11.0. The van der Waals surface area contributed by atoms with Gasteiger partial charge in [0.15, 0.2) is 12.1 Å². The van der Waals surface area contributed by atoms with Crippen LogP contribution in [0.5, 0.6) is 5.75 Å². The molecule has 52 heavy (non-hydrogen) atoms. The van der Waals surface area contributed by atoms with E-state index in [9.17, 15) is 39.9 Å². The number of pyridine rings is 1. The third-order valence-corrected chi connectivity index (χ3v) is 6.33. The van der Waals surface area contributed by atoms with Gasteiger partial charge in [-0.2, -0.15) is 26.3 Å². The van der Waals surface area contributed by atoms with Crippen molar-refractivity contribution in [2.24, 2.45) is 10.7 Å². The molecule has 0 aliphatic rings. The molecule has 0 unspecified atom stereocenters. The van der Waals surface area contributed by atoms with E-state index >= 15 is 0 Å². The molecule has 3 aromatic carbocycles. The van der Waals surface area contributed by atoms with Gasteiger partial charge in [-0.05, 0) is 62.1 Å².